The fourth-order valence-electron chi connectivity index (χ4n) is 0.970. The van der Waals surface area contributed by atoms with Crippen LogP contribution in [-0.4, -0.2) is 17.1 Å². The van der Waals surface area contributed by atoms with Crippen molar-refractivity contribution in [2.45, 2.75) is 0 Å². The highest BCUT2D eigenvalue weighted by molar-refractivity contribution is 7.13. The van der Waals surface area contributed by atoms with E-state index in [-0.39, 0.29) is 0 Å². The molecule has 2 heterocycles. The lowest BCUT2D eigenvalue weighted by Crippen LogP contribution is -1.92. The molecule has 4 nitrogen and oxygen atoms in total. The van der Waals surface area contributed by atoms with Crippen molar-refractivity contribution in [1.29, 1.82) is 0 Å². The number of methoxy groups -OCH3 is 1. The molecule has 0 spiro atoms. The third-order valence-corrected chi connectivity index (χ3v) is 2.33. The Bertz CT molecular complexity index is 385. The topological polar surface area (TPSA) is 47.0 Å². The van der Waals surface area contributed by atoms with E-state index in [0.29, 0.717) is 0 Å². The van der Waals surface area contributed by atoms with Crippen LogP contribution in [0.4, 0.5) is 10.9 Å². The maximum absolute atomic E-state index is 5.00. The molecule has 2 aromatic rings. The van der Waals surface area contributed by atoms with Crippen LogP contribution >= 0.6 is 11.3 Å². The zero-order valence-corrected chi connectivity index (χ0v) is 8.41. The van der Waals surface area contributed by atoms with Gasteiger partial charge in [0.15, 0.2) is 5.13 Å². The van der Waals surface area contributed by atoms with Crippen molar-refractivity contribution in [1.82, 2.24) is 9.97 Å². The Kier molecular flexibility index (Phi) is 2.60. The number of aromatic nitrogens is 2. The lowest BCUT2D eigenvalue weighted by atomic mass is 10.4. The maximum Gasteiger partial charge on any atom is 0.188 e. The number of pyridine rings is 1. The van der Waals surface area contributed by atoms with E-state index in [1.807, 2.05) is 17.5 Å². The summed E-state index contributed by atoms with van der Waals surface area (Å²) < 4.78 is 5.00. The van der Waals surface area contributed by atoms with Crippen molar-refractivity contribution >= 4 is 22.3 Å². The first-order chi connectivity index (χ1) is 6.88. The molecule has 0 aromatic carbocycles. The number of nitrogens with zero attached hydrogens (tertiary/aromatic N) is 2. The van der Waals surface area contributed by atoms with E-state index >= 15 is 0 Å². The Labute approximate surface area is 85.6 Å². The van der Waals surface area contributed by atoms with Crippen LogP contribution in [0.2, 0.25) is 0 Å². The van der Waals surface area contributed by atoms with Gasteiger partial charge in [0.2, 0.25) is 0 Å². The summed E-state index contributed by atoms with van der Waals surface area (Å²) in [5.41, 5.74) is 0. The zero-order chi connectivity index (χ0) is 9.80. The molecule has 2 aromatic heterocycles. The monoisotopic (exact) mass is 207 g/mol. The highest BCUT2D eigenvalue weighted by Gasteiger charge is 1.97. The van der Waals surface area contributed by atoms with E-state index in [2.05, 4.69) is 15.3 Å². The van der Waals surface area contributed by atoms with Crippen molar-refractivity contribution in [2.24, 2.45) is 0 Å². The van der Waals surface area contributed by atoms with Gasteiger partial charge in [0.05, 0.1) is 13.3 Å². The van der Waals surface area contributed by atoms with Crippen molar-refractivity contribution in [3.63, 3.8) is 0 Å². The maximum atomic E-state index is 5.00. The molecular formula is C9H9N3OS. The molecule has 0 unspecified atom stereocenters. The number of anilines is 2. The highest BCUT2D eigenvalue weighted by atomic mass is 32.1. The summed E-state index contributed by atoms with van der Waals surface area (Å²) in [5, 5.41) is 5.82. The molecule has 0 radical (unpaired) electrons. The molecule has 0 amide bonds. The van der Waals surface area contributed by atoms with Crippen molar-refractivity contribution in [2.75, 3.05) is 12.4 Å². The van der Waals surface area contributed by atoms with E-state index in [0.717, 1.165) is 16.7 Å². The van der Waals surface area contributed by atoms with Crippen LogP contribution in [0.15, 0.2) is 29.9 Å². The molecule has 0 aliphatic carbocycles. The van der Waals surface area contributed by atoms with Gasteiger partial charge in [-0.2, -0.15) is 0 Å². The van der Waals surface area contributed by atoms with Crippen molar-refractivity contribution in [3.05, 3.63) is 29.9 Å². The summed E-state index contributed by atoms with van der Waals surface area (Å²) >= 11 is 1.53. The smallest absolute Gasteiger partial charge is 0.188 e. The second-order valence-electron chi connectivity index (χ2n) is 2.55. The van der Waals surface area contributed by atoms with Gasteiger partial charge in [-0.1, -0.05) is 0 Å². The van der Waals surface area contributed by atoms with Crippen molar-refractivity contribution < 1.29 is 4.74 Å². The standard InChI is InChI=1S/C9H9N3OS/c1-13-7-2-3-8(11-6-7)12-9-10-4-5-14-9/h2-6H,1H3,(H,10,11,12). The number of nitrogens with one attached hydrogen (secondary N) is 1. The number of hydrogen-bond acceptors (Lipinski definition) is 5. The fraction of sp³-hybridized carbons (Fsp3) is 0.111. The second kappa shape index (κ2) is 4.06. The number of rotatable bonds is 3. The lowest BCUT2D eigenvalue weighted by molar-refractivity contribution is 0.413. The first-order valence-corrected chi connectivity index (χ1v) is 4.93. The Morgan fingerprint density at radius 1 is 1.36 bits per heavy atom. The number of thiazole rings is 1. The molecule has 5 heteroatoms. The summed E-state index contributed by atoms with van der Waals surface area (Å²) in [6, 6.07) is 3.70. The van der Waals surface area contributed by atoms with Crippen molar-refractivity contribution in [3.8, 4) is 5.75 Å². The molecule has 0 aliphatic heterocycles. The molecular weight excluding hydrogens is 198 g/mol. The van der Waals surface area contributed by atoms with Gasteiger partial charge in [-0.3, -0.25) is 0 Å². The Hall–Kier alpha value is -1.62. The van der Waals surface area contributed by atoms with E-state index in [9.17, 15) is 0 Å². The molecule has 0 saturated heterocycles. The van der Waals surface area contributed by atoms with Gasteiger partial charge >= 0.3 is 0 Å². The van der Waals surface area contributed by atoms with Gasteiger partial charge in [-0.05, 0) is 12.1 Å². The SMILES string of the molecule is COc1ccc(Nc2nccs2)nc1. The van der Waals surface area contributed by atoms with Crippen LogP contribution in [0.25, 0.3) is 0 Å². The normalized spacial score (nSPS) is 9.79. The Morgan fingerprint density at radius 3 is 2.86 bits per heavy atom. The summed E-state index contributed by atoms with van der Waals surface area (Å²) in [4.78, 5) is 8.25. The van der Waals surface area contributed by atoms with E-state index < -0.39 is 0 Å². The van der Waals surface area contributed by atoms with Crippen LogP contribution in [0.3, 0.4) is 0 Å². The summed E-state index contributed by atoms with van der Waals surface area (Å²) in [6.07, 6.45) is 3.41. The number of ether oxygens (including phenoxy) is 1. The summed E-state index contributed by atoms with van der Waals surface area (Å²) in [6.45, 7) is 0. The van der Waals surface area contributed by atoms with Gasteiger partial charge in [0.1, 0.15) is 11.6 Å². The molecule has 0 saturated carbocycles. The molecule has 0 atom stereocenters. The molecule has 0 aliphatic rings. The molecule has 2 rings (SSSR count). The van der Waals surface area contributed by atoms with E-state index in [4.69, 9.17) is 4.74 Å². The minimum Gasteiger partial charge on any atom is -0.495 e. The average Bonchev–Trinajstić information content (AvgIpc) is 2.72. The van der Waals surface area contributed by atoms with Gasteiger partial charge in [-0.25, -0.2) is 9.97 Å². The van der Waals surface area contributed by atoms with Gasteiger partial charge < -0.3 is 10.1 Å². The molecule has 0 bridgehead atoms. The third kappa shape index (κ3) is 2.00. The van der Waals surface area contributed by atoms with Crippen LogP contribution in [0.1, 0.15) is 0 Å². The predicted molar refractivity (Wildman–Crippen MR) is 56.2 cm³/mol. The Balaban J connectivity index is 2.10. The minimum absolute atomic E-state index is 0.745. The minimum atomic E-state index is 0.745. The van der Waals surface area contributed by atoms with Crippen LogP contribution in [0.5, 0.6) is 5.75 Å². The lowest BCUT2D eigenvalue weighted by Gasteiger charge is -2.02. The molecule has 14 heavy (non-hydrogen) atoms. The largest absolute Gasteiger partial charge is 0.495 e. The van der Waals surface area contributed by atoms with E-state index in [1.54, 1.807) is 19.5 Å². The van der Waals surface area contributed by atoms with Crippen LogP contribution in [-0.2, 0) is 0 Å². The van der Waals surface area contributed by atoms with Crippen LogP contribution < -0.4 is 10.1 Å². The molecule has 0 fully saturated rings. The second-order valence-corrected chi connectivity index (χ2v) is 3.44. The quantitative estimate of drug-likeness (QED) is 0.838. The number of hydrogen-bond donors (Lipinski definition) is 1. The summed E-state index contributed by atoms with van der Waals surface area (Å²) in [7, 11) is 1.62. The molecule has 1 N–H and O–H groups in total. The average molecular weight is 207 g/mol. The zero-order valence-electron chi connectivity index (χ0n) is 7.60. The van der Waals surface area contributed by atoms with Crippen LogP contribution in [0, 0.1) is 0 Å². The first-order valence-electron chi connectivity index (χ1n) is 4.05. The third-order valence-electron chi connectivity index (χ3n) is 1.64. The van der Waals surface area contributed by atoms with E-state index in [1.165, 1.54) is 11.3 Å². The van der Waals surface area contributed by atoms with Gasteiger partial charge in [0, 0.05) is 11.6 Å². The highest BCUT2D eigenvalue weighted by Crippen LogP contribution is 2.18. The van der Waals surface area contributed by atoms with Gasteiger partial charge in [0.25, 0.3) is 0 Å². The predicted octanol–water partition coefficient (Wildman–Crippen LogP) is 2.29. The summed E-state index contributed by atoms with van der Waals surface area (Å²) in [5.74, 6) is 1.51. The Morgan fingerprint density at radius 2 is 2.29 bits per heavy atom. The van der Waals surface area contributed by atoms with Gasteiger partial charge in [-0.15, -0.1) is 11.3 Å². The fourth-order valence-corrected chi connectivity index (χ4v) is 1.51. The molecule has 72 valence electrons. The first kappa shape index (κ1) is 8.96.